The third-order valence-corrected chi connectivity index (χ3v) is 10.9. The van der Waals surface area contributed by atoms with Crippen LogP contribution < -0.4 is 0 Å². The number of methoxy groups -OCH3 is 1. The molecule has 0 atom stereocenters. The molecule has 0 aromatic heterocycles. The predicted molar refractivity (Wildman–Crippen MR) is 167 cm³/mol. The van der Waals surface area contributed by atoms with Gasteiger partial charge in [0, 0.05) is 53.4 Å². The molecule has 230 valence electrons. The van der Waals surface area contributed by atoms with E-state index >= 15 is 0 Å². The van der Waals surface area contributed by atoms with Crippen LogP contribution in [0, 0.1) is 0 Å². The van der Waals surface area contributed by atoms with E-state index < -0.39 is 20.0 Å². The molecule has 1 heterocycles. The van der Waals surface area contributed by atoms with E-state index in [0.29, 0.717) is 36.0 Å². The molecule has 10 heteroatoms. The van der Waals surface area contributed by atoms with Crippen LogP contribution in [0.3, 0.4) is 0 Å². The number of hydrogen-bond donors (Lipinski definition) is 0. The highest BCUT2D eigenvalue weighted by Gasteiger charge is 2.28. The van der Waals surface area contributed by atoms with Crippen LogP contribution in [-0.2, 0) is 35.6 Å². The van der Waals surface area contributed by atoms with E-state index in [2.05, 4.69) is 53.0 Å². The highest BCUT2D eigenvalue weighted by Crippen LogP contribution is 2.26. The Morgan fingerprint density at radius 3 is 1.63 bits per heavy atom. The Morgan fingerprint density at radius 2 is 1.24 bits per heavy atom. The summed E-state index contributed by atoms with van der Waals surface area (Å²) in [4.78, 5) is 2.94. The lowest BCUT2D eigenvalue weighted by Crippen LogP contribution is -2.49. The van der Waals surface area contributed by atoms with Gasteiger partial charge in [-0.25, -0.2) is 16.8 Å². The van der Waals surface area contributed by atoms with Gasteiger partial charge in [-0.05, 0) is 46.2 Å². The fourth-order valence-electron chi connectivity index (χ4n) is 4.28. The summed E-state index contributed by atoms with van der Waals surface area (Å²) in [5, 5.41) is 0. The molecule has 41 heavy (non-hydrogen) atoms. The molecule has 2 aromatic rings. The third kappa shape index (κ3) is 9.73. The van der Waals surface area contributed by atoms with Crippen LogP contribution in [0.4, 0.5) is 0 Å². The minimum atomic E-state index is -3.40. The van der Waals surface area contributed by atoms with Crippen LogP contribution in [0.25, 0.3) is 0 Å². The normalized spacial score (nSPS) is 15.8. The third-order valence-electron chi connectivity index (χ3n) is 7.12. The van der Waals surface area contributed by atoms with Gasteiger partial charge in [0.25, 0.3) is 0 Å². The molecule has 1 saturated heterocycles. The number of piperazine rings is 1. The maximum absolute atomic E-state index is 12.8. The second-order valence-electron chi connectivity index (χ2n) is 12.4. The fraction of sp³-hybridized carbons (Fsp3) is 0.548. The number of rotatable bonds is 9. The maximum Gasteiger partial charge on any atom is 0.243 e. The lowest BCUT2D eigenvalue weighted by atomic mass is 9.87. The van der Waals surface area contributed by atoms with Gasteiger partial charge in [-0.2, -0.15) is 8.61 Å². The number of hydrogen-bond acceptors (Lipinski definition) is 6. The average Bonchev–Trinajstić information content (AvgIpc) is 2.92. The molecule has 0 saturated carbocycles. The van der Waals surface area contributed by atoms with Crippen molar-refractivity contribution < 1.29 is 21.6 Å². The van der Waals surface area contributed by atoms with Gasteiger partial charge in [-0.15, -0.1) is 6.58 Å². The first kappa shape index (κ1) is 35.1. The van der Waals surface area contributed by atoms with Gasteiger partial charge in [0.15, 0.2) is 0 Å². The van der Waals surface area contributed by atoms with Gasteiger partial charge in [-0.3, -0.25) is 4.90 Å². The SMILES string of the molecule is C=CCN(C)S(=O)(=O)c1ccc(C(C)(C)C)cc1.COCCN1CCN(S(=O)(=O)c2ccc(C(C)(C)C)cc2)CC1. The number of sulfonamides is 2. The lowest BCUT2D eigenvalue weighted by molar-refractivity contribution is 0.123. The van der Waals surface area contributed by atoms with E-state index in [1.807, 2.05) is 24.3 Å². The Hall–Kier alpha value is -2.08. The molecule has 0 bridgehead atoms. The molecule has 0 unspecified atom stereocenters. The smallest absolute Gasteiger partial charge is 0.243 e. The predicted octanol–water partition coefficient (Wildman–Crippen LogP) is 4.73. The van der Waals surface area contributed by atoms with Crippen LogP contribution in [-0.4, -0.2) is 90.4 Å². The summed E-state index contributed by atoms with van der Waals surface area (Å²) in [5.74, 6) is 0. The van der Waals surface area contributed by atoms with Crippen molar-refractivity contribution >= 4 is 20.0 Å². The second kappa shape index (κ2) is 14.4. The van der Waals surface area contributed by atoms with E-state index in [1.165, 1.54) is 4.31 Å². The molecular formula is C31H49N3O5S2. The zero-order valence-corrected chi connectivity index (χ0v) is 27.7. The molecule has 0 spiro atoms. The largest absolute Gasteiger partial charge is 0.383 e. The summed E-state index contributed by atoms with van der Waals surface area (Å²) in [5.41, 5.74) is 2.30. The molecule has 0 amide bonds. The molecule has 0 N–H and O–H groups in total. The van der Waals surface area contributed by atoms with Crippen molar-refractivity contribution in [3.8, 4) is 0 Å². The molecule has 3 rings (SSSR count). The highest BCUT2D eigenvalue weighted by atomic mass is 32.2. The summed E-state index contributed by atoms with van der Waals surface area (Å²) < 4.78 is 57.8. The van der Waals surface area contributed by atoms with Crippen LogP contribution in [0.15, 0.2) is 71.0 Å². The lowest BCUT2D eigenvalue weighted by Gasteiger charge is -2.33. The molecule has 0 radical (unpaired) electrons. The molecule has 2 aromatic carbocycles. The van der Waals surface area contributed by atoms with Gasteiger partial charge < -0.3 is 4.74 Å². The Labute approximate surface area is 249 Å². The Kier molecular flexibility index (Phi) is 12.3. The quantitative estimate of drug-likeness (QED) is 0.383. The van der Waals surface area contributed by atoms with Crippen molar-refractivity contribution in [2.45, 2.75) is 62.2 Å². The van der Waals surface area contributed by atoms with Crippen molar-refractivity contribution in [3.63, 3.8) is 0 Å². The van der Waals surface area contributed by atoms with Gasteiger partial charge in [0.2, 0.25) is 20.0 Å². The summed E-state index contributed by atoms with van der Waals surface area (Å²) >= 11 is 0. The topological polar surface area (TPSA) is 87.2 Å². The van der Waals surface area contributed by atoms with E-state index in [4.69, 9.17) is 4.74 Å². The van der Waals surface area contributed by atoms with Crippen LogP contribution >= 0.6 is 0 Å². The second-order valence-corrected chi connectivity index (χ2v) is 16.3. The minimum Gasteiger partial charge on any atom is -0.383 e. The first-order valence-electron chi connectivity index (χ1n) is 13.9. The van der Waals surface area contributed by atoms with E-state index in [0.717, 1.165) is 30.8 Å². The van der Waals surface area contributed by atoms with Gasteiger partial charge in [-0.1, -0.05) is 71.9 Å². The fourth-order valence-corrected chi connectivity index (χ4v) is 6.84. The summed E-state index contributed by atoms with van der Waals surface area (Å²) in [6.07, 6.45) is 1.57. The monoisotopic (exact) mass is 607 g/mol. The van der Waals surface area contributed by atoms with Crippen molar-refractivity contribution in [2.24, 2.45) is 0 Å². The van der Waals surface area contributed by atoms with E-state index in [-0.39, 0.29) is 10.8 Å². The van der Waals surface area contributed by atoms with Crippen LogP contribution in [0.5, 0.6) is 0 Å². The molecule has 1 aliphatic heterocycles. The van der Waals surface area contributed by atoms with Gasteiger partial charge >= 0.3 is 0 Å². The van der Waals surface area contributed by atoms with E-state index in [1.54, 1.807) is 48.8 Å². The molecule has 0 aliphatic carbocycles. The number of ether oxygens (including phenoxy) is 1. The van der Waals surface area contributed by atoms with Gasteiger partial charge in [0.05, 0.1) is 16.4 Å². The highest BCUT2D eigenvalue weighted by molar-refractivity contribution is 7.89. The first-order chi connectivity index (χ1) is 18.9. The van der Waals surface area contributed by atoms with Crippen molar-refractivity contribution in [3.05, 3.63) is 72.3 Å². The van der Waals surface area contributed by atoms with Crippen molar-refractivity contribution in [1.82, 2.24) is 13.5 Å². The molecule has 1 fully saturated rings. The maximum atomic E-state index is 12.8. The minimum absolute atomic E-state index is 0.0231. The number of benzene rings is 2. The number of likely N-dealkylation sites (N-methyl/N-ethyl adjacent to an activating group) is 1. The Morgan fingerprint density at radius 1 is 0.805 bits per heavy atom. The standard InChI is InChI=1S/C17H28N2O3S.C14H21NO2S/c1-17(2,3)15-5-7-16(8-6-15)23(20,21)19-11-9-18(10-12-19)13-14-22-4;1-6-11-15(5)18(16,17)13-9-7-12(8-10-13)14(2,3)4/h5-8H,9-14H2,1-4H3;6-10H,1,11H2,2-5H3. The Balaban J connectivity index is 0.000000296. The van der Waals surface area contributed by atoms with Crippen molar-refractivity contribution in [1.29, 1.82) is 0 Å². The average molecular weight is 608 g/mol. The van der Waals surface area contributed by atoms with Crippen LogP contribution in [0.2, 0.25) is 0 Å². The summed E-state index contributed by atoms with van der Waals surface area (Å²) in [6.45, 7) is 20.6. The zero-order chi connectivity index (χ0) is 31.1. The molecular weight excluding hydrogens is 558 g/mol. The first-order valence-corrected chi connectivity index (χ1v) is 16.8. The van der Waals surface area contributed by atoms with Gasteiger partial charge in [0.1, 0.15) is 0 Å². The molecule has 8 nitrogen and oxygen atoms in total. The number of nitrogens with zero attached hydrogens (tertiary/aromatic N) is 3. The summed E-state index contributed by atoms with van der Waals surface area (Å²) in [6, 6.07) is 14.4. The molecule has 1 aliphatic rings. The van der Waals surface area contributed by atoms with E-state index in [9.17, 15) is 16.8 Å². The zero-order valence-electron chi connectivity index (χ0n) is 26.1. The van der Waals surface area contributed by atoms with Crippen molar-refractivity contribution in [2.75, 3.05) is 60.0 Å². The Bertz CT molecular complexity index is 1320. The van der Waals surface area contributed by atoms with Crippen LogP contribution in [0.1, 0.15) is 52.7 Å². The summed E-state index contributed by atoms with van der Waals surface area (Å²) in [7, 11) is -3.56.